The molecule has 1 aromatic rings. The Labute approximate surface area is 64.2 Å². The van der Waals surface area contributed by atoms with Crippen LogP contribution in [0.15, 0.2) is 4.52 Å². The van der Waals surface area contributed by atoms with Crippen LogP contribution in [0, 0.1) is 0 Å². The van der Waals surface area contributed by atoms with E-state index in [1.54, 1.807) is 0 Å². The van der Waals surface area contributed by atoms with Gasteiger partial charge in [0.1, 0.15) is 6.10 Å². The highest BCUT2D eigenvalue weighted by molar-refractivity contribution is 4.90. The molecule has 11 heavy (non-hydrogen) atoms. The Morgan fingerprint density at radius 1 is 1.73 bits per heavy atom. The van der Waals surface area contributed by atoms with E-state index in [9.17, 15) is 0 Å². The van der Waals surface area contributed by atoms with Crippen LogP contribution in [0.3, 0.4) is 0 Å². The monoisotopic (exact) mass is 157 g/mol. The highest BCUT2D eigenvalue weighted by Gasteiger charge is 2.12. The van der Waals surface area contributed by atoms with Gasteiger partial charge in [0.05, 0.1) is 0 Å². The van der Waals surface area contributed by atoms with E-state index in [4.69, 9.17) is 15.4 Å². The van der Waals surface area contributed by atoms with Crippen LogP contribution in [-0.4, -0.2) is 21.8 Å². The summed E-state index contributed by atoms with van der Waals surface area (Å²) in [6, 6.07) is 0. The Balaban J connectivity index is 2.71. The highest BCUT2D eigenvalue weighted by Crippen LogP contribution is 2.06. The van der Waals surface area contributed by atoms with Gasteiger partial charge in [-0.05, 0) is 0 Å². The molecular weight excluding hydrogens is 146 g/mol. The van der Waals surface area contributed by atoms with E-state index in [0.29, 0.717) is 12.3 Å². The first-order valence-electron chi connectivity index (χ1n) is 3.48. The molecule has 0 fully saturated rings. The highest BCUT2D eigenvalue weighted by atomic mass is 16.5. The van der Waals surface area contributed by atoms with Crippen molar-refractivity contribution >= 4 is 0 Å². The minimum atomic E-state index is -0.806. The molecule has 0 spiro atoms. The van der Waals surface area contributed by atoms with Gasteiger partial charge in [0.25, 0.3) is 0 Å². The van der Waals surface area contributed by atoms with E-state index in [1.807, 2.05) is 6.92 Å². The molecule has 0 saturated carbocycles. The van der Waals surface area contributed by atoms with E-state index >= 15 is 0 Å². The zero-order valence-corrected chi connectivity index (χ0v) is 6.32. The zero-order chi connectivity index (χ0) is 8.27. The van der Waals surface area contributed by atoms with Crippen LogP contribution < -0.4 is 5.73 Å². The van der Waals surface area contributed by atoms with E-state index in [2.05, 4.69) is 10.1 Å². The Morgan fingerprint density at radius 3 is 2.91 bits per heavy atom. The third kappa shape index (κ3) is 1.75. The molecule has 62 valence electrons. The van der Waals surface area contributed by atoms with Gasteiger partial charge in [-0.15, -0.1) is 0 Å². The largest absolute Gasteiger partial charge is 0.384 e. The first kappa shape index (κ1) is 8.16. The van der Waals surface area contributed by atoms with Crippen LogP contribution in [0.1, 0.15) is 24.7 Å². The normalized spacial score (nSPS) is 13.4. The molecule has 1 heterocycles. The molecule has 5 heteroatoms. The van der Waals surface area contributed by atoms with Gasteiger partial charge in [-0.3, -0.25) is 0 Å². The van der Waals surface area contributed by atoms with Crippen LogP contribution in [0.5, 0.6) is 0 Å². The molecule has 1 atom stereocenters. The number of hydrogen-bond donors (Lipinski definition) is 2. The number of aliphatic hydroxyl groups excluding tert-OH is 1. The number of aryl methyl sites for hydroxylation is 1. The fraction of sp³-hybridized carbons (Fsp3) is 0.667. The third-order valence-electron chi connectivity index (χ3n) is 1.31. The number of hydrogen-bond acceptors (Lipinski definition) is 5. The lowest BCUT2D eigenvalue weighted by atomic mass is 10.3. The molecule has 0 aliphatic rings. The molecule has 1 unspecified atom stereocenters. The van der Waals surface area contributed by atoms with Gasteiger partial charge in [0, 0.05) is 13.0 Å². The smallest absolute Gasteiger partial charge is 0.226 e. The van der Waals surface area contributed by atoms with Crippen molar-refractivity contribution in [3.63, 3.8) is 0 Å². The zero-order valence-electron chi connectivity index (χ0n) is 6.32. The Kier molecular flexibility index (Phi) is 2.56. The average Bonchev–Trinajstić information content (AvgIpc) is 2.50. The summed E-state index contributed by atoms with van der Waals surface area (Å²) in [7, 11) is 0. The summed E-state index contributed by atoms with van der Waals surface area (Å²) in [5.74, 6) is 0.789. The van der Waals surface area contributed by atoms with E-state index in [0.717, 1.165) is 0 Å². The van der Waals surface area contributed by atoms with Crippen LogP contribution in [0.25, 0.3) is 0 Å². The van der Waals surface area contributed by atoms with Gasteiger partial charge in [0.2, 0.25) is 11.7 Å². The second-order valence-electron chi connectivity index (χ2n) is 2.15. The SMILES string of the molecule is CCc1nc(C(O)CN)no1. The Hall–Kier alpha value is -0.940. The molecule has 5 nitrogen and oxygen atoms in total. The minimum Gasteiger partial charge on any atom is -0.384 e. The minimum absolute atomic E-state index is 0.114. The second-order valence-corrected chi connectivity index (χ2v) is 2.15. The predicted molar refractivity (Wildman–Crippen MR) is 37.7 cm³/mol. The van der Waals surface area contributed by atoms with E-state index < -0.39 is 6.10 Å². The topological polar surface area (TPSA) is 85.2 Å². The van der Waals surface area contributed by atoms with Crippen molar-refractivity contribution < 1.29 is 9.63 Å². The maximum absolute atomic E-state index is 9.13. The quantitative estimate of drug-likeness (QED) is 0.625. The number of nitrogens with zero attached hydrogens (tertiary/aromatic N) is 2. The van der Waals surface area contributed by atoms with Crippen molar-refractivity contribution in [2.75, 3.05) is 6.54 Å². The Morgan fingerprint density at radius 2 is 2.45 bits per heavy atom. The van der Waals surface area contributed by atoms with Crippen molar-refractivity contribution in [1.82, 2.24) is 10.1 Å². The third-order valence-corrected chi connectivity index (χ3v) is 1.31. The number of aromatic nitrogens is 2. The van der Waals surface area contributed by atoms with Crippen LogP contribution in [0.2, 0.25) is 0 Å². The second kappa shape index (κ2) is 3.45. The number of aliphatic hydroxyl groups is 1. The number of nitrogens with two attached hydrogens (primary N) is 1. The molecule has 1 aromatic heterocycles. The summed E-state index contributed by atoms with van der Waals surface area (Å²) in [5, 5.41) is 12.7. The van der Waals surface area contributed by atoms with Gasteiger partial charge in [0.15, 0.2) is 0 Å². The average molecular weight is 157 g/mol. The molecular formula is C6H11N3O2. The molecule has 3 N–H and O–H groups in total. The van der Waals surface area contributed by atoms with E-state index in [-0.39, 0.29) is 12.4 Å². The van der Waals surface area contributed by atoms with Crippen LogP contribution in [0.4, 0.5) is 0 Å². The van der Waals surface area contributed by atoms with Crippen molar-refractivity contribution in [2.45, 2.75) is 19.4 Å². The maximum atomic E-state index is 9.13. The standard InChI is InChI=1S/C6H11N3O2/c1-2-5-8-6(9-11-5)4(10)3-7/h4,10H,2-3,7H2,1H3. The van der Waals surface area contributed by atoms with E-state index in [1.165, 1.54) is 0 Å². The van der Waals surface area contributed by atoms with Crippen molar-refractivity contribution in [1.29, 1.82) is 0 Å². The fourth-order valence-corrected chi connectivity index (χ4v) is 0.652. The summed E-state index contributed by atoms with van der Waals surface area (Å²) in [4.78, 5) is 3.89. The molecule has 0 saturated heterocycles. The lowest BCUT2D eigenvalue weighted by Gasteiger charge is -1.97. The van der Waals surface area contributed by atoms with Crippen molar-refractivity contribution in [3.8, 4) is 0 Å². The first-order chi connectivity index (χ1) is 5.27. The maximum Gasteiger partial charge on any atom is 0.226 e. The molecule has 0 radical (unpaired) electrons. The van der Waals surface area contributed by atoms with Gasteiger partial charge in [-0.25, -0.2) is 0 Å². The summed E-state index contributed by atoms with van der Waals surface area (Å²) in [6.07, 6.45) is -0.136. The van der Waals surface area contributed by atoms with Gasteiger partial charge in [-0.1, -0.05) is 12.1 Å². The molecule has 0 aromatic carbocycles. The lowest BCUT2D eigenvalue weighted by molar-refractivity contribution is 0.172. The van der Waals surface area contributed by atoms with Crippen LogP contribution >= 0.6 is 0 Å². The lowest BCUT2D eigenvalue weighted by Crippen LogP contribution is -2.12. The Bertz CT molecular complexity index is 223. The van der Waals surface area contributed by atoms with Crippen LogP contribution in [-0.2, 0) is 6.42 Å². The molecule has 0 bridgehead atoms. The first-order valence-corrected chi connectivity index (χ1v) is 3.48. The van der Waals surface area contributed by atoms with Crippen molar-refractivity contribution in [3.05, 3.63) is 11.7 Å². The predicted octanol–water partition coefficient (Wildman–Crippen LogP) is -0.376. The molecule has 0 aliphatic heterocycles. The summed E-state index contributed by atoms with van der Waals surface area (Å²) < 4.78 is 4.76. The molecule has 0 amide bonds. The fourth-order valence-electron chi connectivity index (χ4n) is 0.652. The van der Waals surface area contributed by atoms with Gasteiger partial charge < -0.3 is 15.4 Å². The van der Waals surface area contributed by atoms with Crippen molar-refractivity contribution in [2.24, 2.45) is 5.73 Å². The number of rotatable bonds is 3. The summed E-state index contributed by atoms with van der Waals surface area (Å²) >= 11 is 0. The molecule has 0 aliphatic carbocycles. The van der Waals surface area contributed by atoms with Gasteiger partial charge >= 0.3 is 0 Å². The summed E-state index contributed by atoms with van der Waals surface area (Å²) in [6.45, 7) is 2.01. The van der Waals surface area contributed by atoms with Gasteiger partial charge in [-0.2, -0.15) is 4.98 Å². The summed E-state index contributed by atoms with van der Waals surface area (Å²) in [5.41, 5.74) is 5.18. The molecule has 1 rings (SSSR count).